The third-order valence-electron chi connectivity index (χ3n) is 4.12. The van der Waals surface area contributed by atoms with Crippen molar-refractivity contribution in [3.63, 3.8) is 0 Å². The topological polar surface area (TPSA) is 41.7 Å². The summed E-state index contributed by atoms with van der Waals surface area (Å²) in [5, 5.41) is 0. The largest absolute Gasteiger partial charge is 0.381 e. The number of hydrogen-bond acceptors (Lipinski definition) is 4. The van der Waals surface area contributed by atoms with E-state index < -0.39 is 0 Å². The van der Waals surface area contributed by atoms with Gasteiger partial charge in [-0.2, -0.15) is 0 Å². The van der Waals surface area contributed by atoms with Gasteiger partial charge in [0.05, 0.1) is 0 Å². The van der Waals surface area contributed by atoms with Gasteiger partial charge in [0.25, 0.3) is 0 Å². The van der Waals surface area contributed by atoms with Gasteiger partial charge in [-0.1, -0.05) is 13.8 Å². The molecule has 2 saturated heterocycles. The molecule has 2 heterocycles. The summed E-state index contributed by atoms with van der Waals surface area (Å²) in [5.74, 6) is 0.771. The molecule has 18 heavy (non-hydrogen) atoms. The number of piperazine rings is 1. The fraction of sp³-hybridized carbons (Fsp3) is 1.00. The second-order valence-corrected chi connectivity index (χ2v) is 6.45. The molecule has 0 unspecified atom stereocenters. The summed E-state index contributed by atoms with van der Waals surface area (Å²) < 4.78 is 5.41. The lowest BCUT2D eigenvalue weighted by Gasteiger charge is -2.42. The van der Waals surface area contributed by atoms with Crippen LogP contribution in [0.5, 0.6) is 0 Å². The normalized spacial score (nSPS) is 26.7. The van der Waals surface area contributed by atoms with Crippen LogP contribution >= 0.6 is 0 Å². The fourth-order valence-electron chi connectivity index (χ4n) is 3.03. The van der Waals surface area contributed by atoms with Crippen molar-refractivity contribution in [3.8, 4) is 0 Å². The maximum atomic E-state index is 6.47. The first-order valence-electron chi connectivity index (χ1n) is 7.39. The molecule has 0 aromatic heterocycles. The SMILES string of the molecule is CC(C)CN1CCN(CC2(N)CCOCC2)CC1. The van der Waals surface area contributed by atoms with Crippen LogP contribution in [-0.4, -0.2) is 67.8 Å². The van der Waals surface area contributed by atoms with Crippen LogP contribution in [0.1, 0.15) is 26.7 Å². The van der Waals surface area contributed by atoms with Crippen LogP contribution < -0.4 is 5.73 Å². The molecule has 0 amide bonds. The lowest BCUT2D eigenvalue weighted by atomic mass is 9.90. The van der Waals surface area contributed by atoms with Gasteiger partial charge in [-0.05, 0) is 18.8 Å². The monoisotopic (exact) mass is 255 g/mol. The van der Waals surface area contributed by atoms with Crippen LogP contribution in [-0.2, 0) is 4.74 Å². The van der Waals surface area contributed by atoms with Crippen LogP contribution in [0.4, 0.5) is 0 Å². The summed E-state index contributed by atoms with van der Waals surface area (Å²) >= 11 is 0. The van der Waals surface area contributed by atoms with Crippen LogP contribution in [0, 0.1) is 5.92 Å². The van der Waals surface area contributed by atoms with Crippen molar-refractivity contribution in [1.29, 1.82) is 0 Å². The zero-order chi connectivity index (χ0) is 13.0. The quantitative estimate of drug-likeness (QED) is 0.805. The van der Waals surface area contributed by atoms with Gasteiger partial charge in [0.2, 0.25) is 0 Å². The van der Waals surface area contributed by atoms with Gasteiger partial charge in [-0.25, -0.2) is 0 Å². The molecular formula is C14H29N3O. The predicted molar refractivity (Wildman–Crippen MR) is 74.7 cm³/mol. The molecule has 0 aliphatic carbocycles. The molecule has 2 aliphatic heterocycles. The highest BCUT2D eigenvalue weighted by Gasteiger charge is 2.31. The van der Waals surface area contributed by atoms with E-state index in [0.29, 0.717) is 0 Å². The molecule has 0 aromatic rings. The summed E-state index contributed by atoms with van der Waals surface area (Å²) in [6.07, 6.45) is 2.03. The van der Waals surface area contributed by atoms with E-state index in [1.165, 1.54) is 32.7 Å². The number of hydrogen-bond donors (Lipinski definition) is 1. The molecule has 4 heteroatoms. The molecular weight excluding hydrogens is 226 g/mol. The Labute approximate surface area is 111 Å². The van der Waals surface area contributed by atoms with Gasteiger partial charge in [0.1, 0.15) is 0 Å². The number of ether oxygens (including phenoxy) is 1. The van der Waals surface area contributed by atoms with Gasteiger partial charge >= 0.3 is 0 Å². The van der Waals surface area contributed by atoms with Gasteiger partial charge in [0, 0.05) is 58.0 Å². The molecule has 0 bridgehead atoms. The van der Waals surface area contributed by atoms with E-state index >= 15 is 0 Å². The Bertz CT molecular complexity index is 243. The minimum atomic E-state index is -0.00152. The Kier molecular flexibility index (Phi) is 5.01. The Hall–Kier alpha value is -0.160. The van der Waals surface area contributed by atoms with E-state index in [-0.39, 0.29) is 5.54 Å². The second kappa shape index (κ2) is 6.33. The molecule has 2 aliphatic rings. The van der Waals surface area contributed by atoms with Crippen molar-refractivity contribution < 1.29 is 4.74 Å². The van der Waals surface area contributed by atoms with Crippen LogP contribution in [0.15, 0.2) is 0 Å². The van der Waals surface area contributed by atoms with E-state index in [4.69, 9.17) is 10.5 Å². The molecule has 0 radical (unpaired) electrons. The summed E-state index contributed by atoms with van der Waals surface area (Å²) in [5.41, 5.74) is 6.47. The average molecular weight is 255 g/mol. The highest BCUT2D eigenvalue weighted by Crippen LogP contribution is 2.19. The highest BCUT2D eigenvalue weighted by atomic mass is 16.5. The van der Waals surface area contributed by atoms with E-state index in [0.717, 1.165) is 38.5 Å². The van der Waals surface area contributed by atoms with Crippen molar-refractivity contribution in [3.05, 3.63) is 0 Å². The first kappa shape index (κ1) is 14.3. The molecule has 106 valence electrons. The first-order chi connectivity index (χ1) is 8.57. The van der Waals surface area contributed by atoms with Crippen molar-refractivity contribution >= 4 is 0 Å². The standard InChI is InChI=1S/C14H29N3O/c1-13(2)11-16-5-7-17(8-6-16)12-14(15)3-9-18-10-4-14/h13H,3-12,15H2,1-2H3. The second-order valence-electron chi connectivity index (χ2n) is 6.45. The Morgan fingerprint density at radius 2 is 1.61 bits per heavy atom. The smallest absolute Gasteiger partial charge is 0.0484 e. The van der Waals surface area contributed by atoms with E-state index in [1.807, 2.05) is 0 Å². The Morgan fingerprint density at radius 1 is 1.06 bits per heavy atom. The van der Waals surface area contributed by atoms with Crippen molar-refractivity contribution in [2.75, 3.05) is 52.5 Å². The van der Waals surface area contributed by atoms with Crippen molar-refractivity contribution in [2.45, 2.75) is 32.2 Å². The molecule has 0 saturated carbocycles. The summed E-state index contributed by atoms with van der Waals surface area (Å²) in [6, 6.07) is 0. The first-order valence-corrected chi connectivity index (χ1v) is 7.39. The van der Waals surface area contributed by atoms with Gasteiger partial charge in [-0.3, -0.25) is 4.90 Å². The average Bonchev–Trinajstić information content (AvgIpc) is 2.31. The van der Waals surface area contributed by atoms with Crippen molar-refractivity contribution in [2.24, 2.45) is 11.7 Å². The third-order valence-corrected chi connectivity index (χ3v) is 4.12. The van der Waals surface area contributed by atoms with Gasteiger partial charge < -0.3 is 15.4 Å². The Balaban J connectivity index is 1.72. The minimum absolute atomic E-state index is 0.00152. The van der Waals surface area contributed by atoms with Crippen LogP contribution in [0.2, 0.25) is 0 Å². The number of nitrogens with two attached hydrogens (primary N) is 1. The molecule has 2 fully saturated rings. The zero-order valence-electron chi connectivity index (χ0n) is 12.0. The third kappa shape index (κ3) is 4.19. The lowest BCUT2D eigenvalue weighted by Crippen LogP contribution is -2.57. The van der Waals surface area contributed by atoms with E-state index in [9.17, 15) is 0 Å². The molecule has 0 atom stereocenters. The van der Waals surface area contributed by atoms with Gasteiger partial charge in [0.15, 0.2) is 0 Å². The van der Waals surface area contributed by atoms with Gasteiger partial charge in [-0.15, -0.1) is 0 Å². The van der Waals surface area contributed by atoms with Crippen LogP contribution in [0.25, 0.3) is 0 Å². The summed E-state index contributed by atoms with van der Waals surface area (Å²) in [4.78, 5) is 5.12. The molecule has 4 nitrogen and oxygen atoms in total. The summed E-state index contributed by atoms with van der Waals surface area (Å²) in [7, 11) is 0. The molecule has 2 N–H and O–H groups in total. The molecule has 0 aromatic carbocycles. The maximum absolute atomic E-state index is 6.47. The molecule has 2 rings (SSSR count). The van der Waals surface area contributed by atoms with Crippen molar-refractivity contribution in [1.82, 2.24) is 9.80 Å². The lowest BCUT2D eigenvalue weighted by molar-refractivity contribution is 0.0271. The van der Waals surface area contributed by atoms with E-state index in [1.54, 1.807) is 0 Å². The highest BCUT2D eigenvalue weighted by molar-refractivity contribution is 4.90. The summed E-state index contributed by atoms with van der Waals surface area (Å²) in [6.45, 7) is 13.3. The maximum Gasteiger partial charge on any atom is 0.0484 e. The zero-order valence-corrected chi connectivity index (χ0v) is 12.0. The number of nitrogens with zero attached hydrogens (tertiary/aromatic N) is 2. The van der Waals surface area contributed by atoms with E-state index in [2.05, 4.69) is 23.6 Å². The number of rotatable bonds is 4. The molecule has 0 spiro atoms. The fourth-order valence-corrected chi connectivity index (χ4v) is 3.03. The van der Waals surface area contributed by atoms with Crippen LogP contribution in [0.3, 0.4) is 0 Å². The minimum Gasteiger partial charge on any atom is -0.381 e. The Morgan fingerprint density at radius 3 is 2.17 bits per heavy atom. The predicted octanol–water partition coefficient (Wildman–Crippen LogP) is 0.768.